The molecular weight excluding hydrogens is 343 g/mol. The predicted molar refractivity (Wildman–Crippen MR) is 78.7 cm³/mol. The molecule has 1 aliphatic heterocycles. The summed E-state index contributed by atoms with van der Waals surface area (Å²) in [7, 11) is 0. The highest BCUT2D eigenvalue weighted by Crippen LogP contribution is 2.13. The van der Waals surface area contributed by atoms with Gasteiger partial charge in [0.1, 0.15) is 5.75 Å². The van der Waals surface area contributed by atoms with Crippen molar-refractivity contribution in [2.45, 2.75) is 13.0 Å². The minimum absolute atomic E-state index is 0.0579. The lowest BCUT2D eigenvalue weighted by Crippen LogP contribution is -2.53. The van der Waals surface area contributed by atoms with Crippen molar-refractivity contribution in [3.63, 3.8) is 0 Å². The first-order valence-corrected chi connectivity index (χ1v) is 7.13. The van der Waals surface area contributed by atoms with Gasteiger partial charge in [0, 0.05) is 29.2 Å². The van der Waals surface area contributed by atoms with Crippen LogP contribution in [0, 0.1) is 3.57 Å². The topological polar surface area (TPSA) is 41.6 Å². The van der Waals surface area contributed by atoms with Crippen molar-refractivity contribution < 1.29 is 9.53 Å². The lowest BCUT2D eigenvalue weighted by atomic mass is 10.2. The highest BCUT2D eigenvalue weighted by molar-refractivity contribution is 14.1. The van der Waals surface area contributed by atoms with Crippen LogP contribution in [0.15, 0.2) is 24.3 Å². The molecular formula is C13H17IN2O2. The number of amides is 1. The van der Waals surface area contributed by atoms with E-state index in [2.05, 4.69) is 34.8 Å². The van der Waals surface area contributed by atoms with Gasteiger partial charge >= 0.3 is 0 Å². The lowest BCUT2D eigenvalue weighted by Gasteiger charge is -2.33. The number of nitrogens with one attached hydrogen (secondary N) is 1. The Morgan fingerprint density at radius 3 is 2.89 bits per heavy atom. The van der Waals surface area contributed by atoms with Crippen LogP contribution >= 0.6 is 22.6 Å². The van der Waals surface area contributed by atoms with Crippen LogP contribution < -0.4 is 10.1 Å². The van der Waals surface area contributed by atoms with Crippen molar-refractivity contribution >= 4 is 28.5 Å². The van der Waals surface area contributed by atoms with Gasteiger partial charge in [-0.1, -0.05) is 0 Å². The summed E-state index contributed by atoms with van der Waals surface area (Å²) in [5.74, 6) is 0.800. The van der Waals surface area contributed by atoms with Crippen LogP contribution in [0.4, 0.5) is 0 Å². The van der Waals surface area contributed by atoms with Gasteiger partial charge in [0.2, 0.25) is 0 Å². The zero-order valence-corrected chi connectivity index (χ0v) is 12.5. The van der Waals surface area contributed by atoms with Gasteiger partial charge in [0.25, 0.3) is 5.91 Å². The number of halogens is 1. The number of ether oxygens (including phenoxy) is 1. The van der Waals surface area contributed by atoms with Gasteiger partial charge in [-0.3, -0.25) is 4.79 Å². The van der Waals surface area contributed by atoms with Gasteiger partial charge < -0.3 is 15.0 Å². The molecule has 0 radical (unpaired) electrons. The highest BCUT2D eigenvalue weighted by atomic mass is 127. The minimum atomic E-state index is 0.0579. The summed E-state index contributed by atoms with van der Waals surface area (Å²) in [6.45, 7) is 4.64. The van der Waals surface area contributed by atoms with E-state index in [1.54, 1.807) is 0 Å². The molecule has 4 nitrogen and oxygen atoms in total. The number of piperazine rings is 1. The first-order chi connectivity index (χ1) is 8.66. The second kappa shape index (κ2) is 6.38. The molecule has 98 valence electrons. The maximum absolute atomic E-state index is 12.0. The summed E-state index contributed by atoms with van der Waals surface area (Å²) in [5, 5.41) is 3.26. The Balaban J connectivity index is 1.85. The molecule has 0 spiro atoms. The summed E-state index contributed by atoms with van der Waals surface area (Å²) in [6, 6.07) is 7.94. The molecule has 1 N–H and O–H groups in total. The average molecular weight is 360 g/mol. The first-order valence-electron chi connectivity index (χ1n) is 6.05. The molecule has 2 rings (SSSR count). The Bertz CT molecular complexity index is 408. The maximum atomic E-state index is 12.0. The van der Waals surface area contributed by atoms with E-state index in [0.717, 1.165) is 29.0 Å². The van der Waals surface area contributed by atoms with Crippen molar-refractivity contribution in [2.75, 3.05) is 26.2 Å². The van der Waals surface area contributed by atoms with E-state index in [-0.39, 0.29) is 18.6 Å². The summed E-state index contributed by atoms with van der Waals surface area (Å²) in [5.41, 5.74) is 0. The van der Waals surface area contributed by atoms with E-state index in [9.17, 15) is 4.79 Å². The highest BCUT2D eigenvalue weighted by Gasteiger charge is 2.22. The number of hydrogen-bond acceptors (Lipinski definition) is 3. The Morgan fingerprint density at radius 1 is 1.50 bits per heavy atom. The molecule has 5 heteroatoms. The largest absolute Gasteiger partial charge is 0.484 e. The number of benzene rings is 1. The standard InChI is InChI=1S/C13H17IN2O2/c1-10-8-15-6-7-16(10)13(17)9-18-12-4-2-11(14)3-5-12/h2-5,10,15H,6-9H2,1H3. The van der Waals surface area contributed by atoms with Crippen molar-refractivity contribution in [3.8, 4) is 5.75 Å². The Hall–Kier alpha value is -0.820. The molecule has 0 saturated carbocycles. The SMILES string of the molecule is CC1CNCCN1C(=O)COc1ccc(I)cc1. The quantitative estimate of drug-likeness (QED) is 0.831. The molecule has 1 fully saturated rings. The first kappa shape index (κ1) is 13.6. The molecule has 1 heterocycles. The Labute approximate surface area is 121 Å². The zero-order valence-electron chi connectivity index (χ0n) is 10.4. The molecule has 1 aromatic carbocycles. The Morgan fingerprint density at radius 2 is 2.22 bits per heavy atom. The molecule has 0 bridgehead atoms. The van der Waals surface area contributed by atoms with Crippen molar-refractivity contribution in [2.24, 2.45) is 0 Å². The number of rotatable bonds is 3. The maximum Gasteiger partial charge on any atom is 0.260 e. The summed E-state index contributed by atoms with van der Waals surface area (Å²) >= 11 is 2.24. The van der Waals surface area contributed by atoms with E-state index in [4.69, 9.17) is 4.74 Å². The van der Waals surface area contributed by atoms with E-state index in [0.29, 0.717) is 0 Å². The van der Waals surface area contributed by atoms with E-state index in [1.165, 1.54) is 0 Å². The van der Waals surface area contributed by atoms with Crippen LogP contribution in [0.2, 0.25) is 0 Å². The smallest absolute Gasteiger partial charge is 0.260 e. The van der Waals surface area contributed by atoms with Gasteiger partial charge in [-0.05, 0) is 53.8 Å². The molecule has 0 aromatic heterocycles. The normalized spacial score (nSPS) is 19.7. The van der Waals surface area contributed by atoms with Crippen LogP contribution in [0.25, 0.3) is 0 Å². The molecule has 1 amide bonds. The molecule has 1 atom stereocenters. The molecule has 18 heavy (non-hydrogen) atoms. The second-order valence-electron chi connectivity index (χ2n) is 4.38. The average Bonchev–Trinajstić information content (AvgIpc) is 2.38. The number of carbonyl (C=O) groups excluding carboxylic acids is 1. The second-order valence-corrected chi connectivity index (χ2v) is 5.63. The minimum Gasteiger partial charge on any atom is -0.484 e. The van der Waals surface area contributed by atoms with Gasteiger partial charge in [-0.2, -0.15) is 0 Å². The fourth-order valence-corrected chi connectivity index (χ4v) is 2.33. The fourth-order valence-electron chi connectivity index (χ4n) is 1.97. The van der Waals surface area contributed by atoms with Gasteiger partial charge in [0.05, 0.1) is 0 Å². The van der Waals surface area contributed by atoms with Crippen LogP contribution in [-0.4, -0.2) is 43.1 Å². The van der Waals surface area contributed by atoms with Crippen molar-refractivity contribution in [1.29, 1.82) is 0 Å². The third-order valence-corrected chi connectivity index (χ3v) is 3.72. The summed E-state index contributed by atoms with van der Waals surface area (Å²) < 4.78 is 6.66. The van der Waals surface area contributed by atoms with Gasteiger partial charge in [0.15, 0.2) is 6.61 Å². The summed E-state index contributed by atoms with van der Waals surface area (Å²) in [4.78, 5) is 13.9. The van der Waals surface area contributed by atoms with Crippen LogP contribution in [-0.2, 0) is 4.79 Å². The number of hydrogen-bond donors (Lipinski definition) is 1. The zero-order chi connectivity index (χ0) is 13.0. The Kier molecular flexibility index (Phi) is 4.82. The van der Waals surface area contributed by atoms with Crippen molar-refractivity contribution in [3.05, 3.63) is 27.8 Å². The third-order valence-electron chi connectivity index (χ3n) is 3.00. The van der Waals surface area contributed by atoms with Crippen LogP contribution in [0.1, 0.15) is 6.92 Å². The van der Waals surface area contributed by atoms with Gasteiger partial charge in [-0.15, -0.1) is 0 Å². The lowest BCUT2D eigenvalue weighted by molar-refractivity contribution is -0.136. The number of nitrogens with zero attached hydrogens (tertiary/aromatic N) is 1. The van der Waals surface area contributed by atoms with Gasteiger partial charge in [-0.25, -0.2) is 0 Å². The molecule has 0 aliphatic carbocycles. The summed E-state index contributed by atoms with van der Waals surface area (Å²) in [6.07, 6.45) is 0. The van der Waals surface area contributed by atoms with E-state index < -0.39 is 0 Å². The molecule has 1 aliphatic rings. The number of carbonyl (C=O) groups is 1. The molecule has 1 unspecified atom stereocenters. The monoisotopic (exact) mass is 360 g/mol. The molecule has 1 aromatic rings. The van der Waals surface area contributed by atoms with E-state index in [1.807, 2.05) is 29.2 Å². The van der Waals surface area contributed by atoms with Crippen LogP contribution in [0.3, 0.4) is 0 Å². The van der Waals surface area contributed by atoms with E-state index >= 15 is 0 Å². The third kappa shape index (κ3) is 3.58. The molecule has 1 saturated heterocycles. The van der Waals surface area contributed by atoms with Crippen LogP contribution in [0.5, 0.6) is 5.75 Å². The fraction of sp³-hybridized carbons (Fsp3) is 0.462. The predicted octanol–water partition coefficient (Wildman–Crippen LogP) is 1.49. The van der Waals surface area contributed by atoms with Crippen molar-refractivity contribution in [1.82, 2.24) is 10.2 Å².